The molecular weight excluding hydrogens is 382 g/mol. The van der Waals surface area contributed by atoms with Crippen molar-refractivity contribution in [2.24, 2.45) is 0 Å². The third kappa shape index (κ3) is 4.40. The molecule has 8 heteroatoms. The van der Waals surface area contributed by atoms with Crippen LogP contribution in [0.5, 0.6) is 0 Å². The maximum atomic E-state index is 14.2. The summed E-state index contributed by atoms with van der Waals surface area (Å²) < 4.78 is 72.2. The van der Waals surface area contributed by atoms with Crippen LogP contribution in [0.15, 0.2) is 60.9 Å². The molecule has 0 amide bonds. The molecule has 3 rings (SSSR count). The third-order valence-corrected chi connectivity index (χ3v) is 4.55. The van der Waals surface area contributed by atoms with Crippen LogP contribution < -0.4 is 0 Å². The number of rotatable bonds is 4. The van der Waals surface area contributed by atoms with Gasteiger partial charge in [0.05, 0.1) is 11.3 Å². The average Bonchev–Trinajstić information content (AvgIpc) is 2.62. The summed E-state index contributed by atoms with van der Waals surface area (Å²) >= 11 is -2.17. The first-order chi connectivity index (χ1) is 12.8. The highest BCUT2D eigenvalue weighted by Gasteiger charge is 2.30. The molecule has 1 atom stereocenters. The predicted molar refractivity (Wildman–Crippen MR) is 94.5 cm³/mol. The Hall–Kier alpha value is -2.58. The molecule has 3 aromatic rings. The summed E-state index contributed by atoms with van der Waals surface area (Å²) in [4.78, 5) is 4.01. The Labute approximate surface area is 155 Å². The van der Waals surface area contributed by atoms with Gasteiger partial charge in [-0.05, 0) is 41.0 Å². The second-order valence-corrected chi connectivity index (χ2v) is 6.70. The fourth-order valence-corrected chi connectivity index (χ4v) is 3.18. The Kier molecular flexibility index (Phi) is 5.38. The molecule has 1 aromatic heterocycles. The lowest BCUT2D eigenvalue weighted by Gasteiger charge is -2.12. The Morgan fingerprint density at radius 1 is 0.963 bits per heavy atom. The van der Waals surface area contributed by atoms with Gasteiger partial charge in [-0.3, -0.25) is 4.98 Å². The minimum atomic E-state index is -4.43. The van der Waals surface area contributed by atoms with Crippen molar-refractivity contribution in [3.63, 3.8) is 0 Å². The van der Waals surface area contributed by atoms with Crippen LogP contribution in [0.2, 0.25) is 0 Å². The molecule has 0 saturated carbocycles. The lowest BCUT2D eigenvalue weighted by atomic mass is 9.95. The van der Waals surface area contributed by atoms with E-state index in [9.17, 15) is 21.8 Å². The number of halogens is 4. The number of pyridine rings is 1. The van der Waals surface area contributed by atoms with Crippen LogP contribution in [0.4, 0.5) is 17.6 Å². The summed E-state index contributed by atoms with van der Waals surface area (Å²) in [5.74, 6) is -0.970. The molecule has 0 radical (unpaired) electrons. The fourth-order valence-electron chi connectivity index (χ4n) is 2.68. The normalized spacial score (nSPS) is 12.8. The molecule has 0 aliphatic heterocycles. The van der Waals surface area contributed by atoms with E-state index in [4.69, 9.17) is 4.55 Å². The molecule has 0 bridgehead atoms. The van der Waals surface area contributed by atoms with Crippen molar-refractivity contribution < 1.29 is 26.3 Å². The Morgan fingerprint density at radius 2 is 1.63 bits per heavy atom. The number of alkyl halides is 3. The van der Waals surface area contributed by atoms with E-state index in [1.807, 2.05) is 0 Å². The van der Waals surface area contributed by atoms with Gasteiger partial charge in [-0.2, -0.15) is 13.2 Å². The molecule has 1 heterocycles. The van der Waals surface area contributed by atoms with Crippen molar-refractivity contribution in [2.45, 2.75) is 11.9 Å². The van der Waals surface area contributed by atoms with E-state index in [-0.39, 0.29) is 11.3 Å². The largest absolute Gasteiger partial charge is 0.416 e. The molecule has 0 fully saturated rings. The molecule has 140 valence electrons. The van der Waals surface area contributed by atoms with Crippen molar-refractivity contribution in [1.82, 2.24) is 4.98 Å². The van der Waals surface area contributed by atoms with Crippen LogP contribution in [0, 0.1) is 5.82 Å². The summed E-state index contributed by atoms with van der Waals surface area (Å²) in [6.45, 7) is 0. The fraction of sp³-hybridized carbons (Fsp3) is 0.105. The van der Waals surface area contributed by atoms with Gasteiger partial charge >= 0.3 is 6.18 Å². The lowest BCUT2D eigenvalue weighted by Crippen LogP contribution is -2.04. The van der Waals surface area contributed by atoms with Crippen molar-refractivity contribution in [2.75, 3.05) is 0 Å². The van der Waals surface area contributed by atoms with Crippen LogP contribution in [0.25, 0.3) is 22.3 Å². The first-order valence-corrected chi connectivity index (χ1v) is 9.01. The van der Waals surface area contributed by atoms with Gasteiger partial charge in [-0.25, -0.2) is 8.60 Å². The maximum absolute atomic E-state index is 14.2. The van der Waals surface area contributed by atoms with Gasteiger partial charge < -0.3 is 4.55 Å². The van der Waals surface area contributed by atoms with Crippen LogP contribution in [-0.4, -0.2) is 13.7 Å². The molecule has 1 unspecified atom stereocenters. The van der Waals surface area contributed by atoms with Crippen molar-refractivity contribution in [3.05, 3.63) is 77.9 Å². The van der Waals surface area contributed by atoms with E-state index < -0.39 is 28.6 Å². The summed E-state index contributed by atoms with van der Waals surface area (Å²) in [5.41, 5.74) is 1.46. The molecule has 0 spiro atoms. The van der Waals surface area contributed by atoms with Gasteiger partial charge in [0.1, 0.15) is 5.82 Å². The van der Waals surface area contributed by atoms with E-state index >= 15 is 0 Å². The zero-order chi connectivity index (χ0) is 19.6. The van der Waals surface area contributed by atoms with E-state index in [0.717, 1.165) is 12.1 Å². The summed E-state index contributed by atoms with van der Waals surface area (Å²) in [5, 5.41) is 0. The van der Waals surface area contributed by atoms with Crippen LogP contribution in [0.3, 0.4) is 0 Å². The molecule has 3 nitrogen and oxygen atoms in total. The smallest absolute Gasteiger partial charge is 0.306 e. The van der Waals surface area contributed by atoms with Gasteiger partial charge in [0, 0.05) is 23.5 Å². The van der Waals surface area contributed by atoms with Gasteiger partial charge in [0.25, 0.3) is 0 Å². The monoisotopic (exact) mass is 395 g/mol. The standard InChI is InChI=1S/C19H13F4NO2S/c20-18-9-13(1-2-14(18)11-27(25)26)17-10-24-8-7-16(17)12-3-5-15(6-4-12)19(21,22)23/h1-10H,11H2,(H,25,26). The van der Waals surface area contributed by atoms with Crippen molar-refractivity contribution in [1.29, 1.82) is 0 Å². The summed E-state index contributed by atoms with van der Waals surface area (Å²) in [7, 11) is 0. The van der Waals surface area contributed by atoms with Gasteiger partial charge in [0.2, 0.25) is 0 Å². The van der Waals surface area contributed by atoms with Crippen molar-refractivity contribution >= 4 is 11.1 Å². The maximum Gasteiger partial charge on any atom is 0.416 e. The minimum Gasteiger partial charge on any atom is -0.306 e. The van der Waals surface area contributed by atoms with Gasteiger partial charge in [0.15, 0.2) is 11.1 Å². The zero-order valence-corrected chi connectivity index (χ0v) is 14.5. The first-order valence-electron chi connectivity index (χ1n) is 7.73. The first kappa shape index (κ1) is 19.2. The molecular formula is C19H13F4NO2S. The van der Waals surface area contributed by atoms with Crippen LogP contribution >= 0.6 is 0 Å². The van der Waals surface area contributed by atoms with Gasteiger partial charge in [-0.15, -0.1) is 0 Å². The topological polar surface area (TPSA) is 50.2 Å². The quantitative estimate of drug-likeness (QED) is 0.482. The number of hydrogen-bond donors (Lipinski definition) is 1. The number of aromatic nitrogens is 1. The highest BCUT2D eigenvalue weighted by atomic mass is 32.2. The van der Waals surface area contributed by atoms with Crippen LogP contribution in [0.1, 0.15) is 11.1 Å². The average molecular weight is 395 g/mol. The molecule has 27 heavy (non-hydrogen) atoms. The second-order valence-electron chi connectivity index (χ2n) is 5.77. The predicted octanol–water partition coefficient (Wildman–Crippen LogP) is 5.30. The number of nitrogens with zero attached hydrogens (tertiary/aromatic N) is 1. The van der Waals surface area contributed by atoms with E-state index in [1.54, 1.807) is 12.1 Å². The number of hydrogen-bond acceptors (Lipinski definition) is 2. The summed E-state index contributed by atoms with van der Waals surface area (Å²) in [6.07, 6.45) is -1.44. The van der Waals surface area contributed by atoms with Gasteiger partial charge in [-0.1, -0.05) is 24.3 Å². The molecule has 1 N–H and O–H groups in total. The minimum absolute atomic E-state index is 0.0968. The highest BCUT2D eigenvalue weighted by molar-refractivity contribution is 7.78. The molecule has 0 aliphatic rings. The zero-order valence-electron chi connectivity index (χ0n) is 13.7. The van der Waals surface area contributed by atoms with E-state index in [1.165, 1.54) is 36.7 Å². The summed E-state index contributed by atoms with van der Waals surface area (Å²) in [6, 6.07) is 10.5. The Balaban J connectivity index is 2.02. The Bertz CT molecular complexity index is 988. The second kappa shape index (κ2) is 7.58. The number of benzene rings is 2. The van der Waals surface area contributed by atoms with E-state index in [2.05, 4.69) is 4.98 Å². The molecule has 0 saturated heterocycles. The van der Waals surface area contributed by atoms with Crippen molar-refractivity contribution in [3.8, 4) is 22.3 Å². The molecule has 2 aromatic carbocycles. The van der Waals surface area contributed by atoms with Crippen LogP contribution in [-0.2, 0) is 23.0 Å². The lowest BCUT2D eigenvalue weighted by molar-refractivity contribution is -0.137. The SMILES string of the molecule is O=S(O)Cc1ccc(-c2cnccc2-c2ccc(C(F)(F)F)cc2)cc1F. The van der Waals surface area contributed by atoms with E-state index in [0.29, 0.717) is 22.3 Å². The Morgan fingerprint density at radius 3 is 2.22 bits per heavy atom. The molecule has 0 aliphatic carbocycles. The third-order valence-electron chi connectivity index (χ3n) is 3.99. The highest BCUT2D eigenvalue weighted by Crippen LogP contribution is 2.35.